The Hall–Kier alpha value is -2.08. The Morgan fingerprint density at radius 3 is 2.95 bits per heavy atom. The van der Waals surface area contributed by atoms with Crippen LogP contribution in [0.5, 0.6) is 0 Å². The standard InChI is InChI=1S/C13H13N3O2S/c14-8-3-4-9(12(17)18)10(5-8)15-13-16-11(6-19-13)7-1-2-7/h3-7H,1-2,14H2,(H,15,16)(H,17,18). The van der Waals surface area contributed by atoms with E-state index in [9.17, 15) is 4.79 Å². The van der Waals surface area contributed by atoms with E-state index in [1.54, 1.807) is 12.1 Å². The molecule has 5 nitrogen and oxygen atoms in total. The highest BCUT2D eigenvalue weighted by Gasteiger charge is 2.26. The summed E-state index contributed by atoms with van der Waals surface area (Å²) in [6.07, 6.45) is 2.39. The second-order valence-electron chi connectivity index (χ2n) is 4.59. The van der Waals surface area contributed by atoms with E-state index in [2.05, 4.69) is 10.3 Å². The first-order chi connectivity index (χ1) is 9.13. The Kier molecular flexibility index (Phi) is 2.87. The van der Waals surface area contributed by atoms with E-state index in [0.717, 1.165) is 5.69 Å². The summed E-state index contributed by atoms with van der Waals surface area (Å²) in [6.45, 7) is 0. The van der Waals surface area contributed by atoms with Gasteiger partial charge in [-0.15, -0.1) is 11.3 Å². The van der Waals surface area contributed by atoms with E-state index < -0.39 is 5.97 Å². The monoisotopic (exact) mass is 275 g/mol. The van der Waals surface area contributed by atoms with Crippen molar-refractivity contribution in [3.05, 3.63) is 34.8 Å². The smallest absolute Gasteiger partial charge is 0.337 e. The average Bonchev–Trinajstić information content (AvgIpc) is 3.10. The lowest BCUT2D eigenvalue weighted by Crippen LogP contribution is -2.03. The van der Waals surface area contributed by atoms with Gasteiger partial charge in [0.25, 0.3) is 0 Å². The maximum absolute atomic E-state index is 11.1. The van der Waals surface area contributed by atoms with Crippen molar-refractivity contribution in [3.8, 4) is 0 Å². The summed E-state index contributed by atoms with van der Waals surface area (Å²) in [5.74, 6) is -0.395. The number of hydrogen-bond acceptors (Lipinski definition) is 5. The van der Waals surface area contributed by atoms with Crippen LogP contribution in [0, 0.1) is 0 Å². The molecule has 1 fully saturated rings. The third-order valence-corrected chi connectivity index (χ3v) is 3.81. The first-order valence-corrected chi connectivity index (χ1v) is 6.86. The number of benzene rings is 1. The van der Waals surface area contributed by atoms with Gasteiger partial charge in [-0.2, -0.15) is 0 Å². The van der Waals surface area contributed by atoms with Crippen molar-refractivity contribution in [2.75, 3.05) is 11.1 Å². The third kappa shape index (κ3) is 2.53. The van der Waals surface area contributed by atoms with E-state index >= 15 is 0 Å². The average molecular weight is 275 g/mol. The molecule has 0 atom stereocenters. The zero-order valence-corrected chi connectivity index (χ0v) is 10.9. The zero-order valence-electron chi connectivity index (χ0n) is 10.1. The number of thiazole rings is 1. The highest BCUT2D eigenvalue weighted by atomic mass is 32.1. The molecule has 1 aromatic carbocycles. The maximum atomic E-state index is 11.1. The number of aromatic nitrogens is 1. The summed E-state index contributed by atoms with van der Waals surface area (Å²) in [5, 5.41) is 14.9. The normalized spacial score (nSPS) is 14.3. The molecule has 0 amide bonds. The van der Waals surface area contributed by atoms with Gasteiger partial charge in [-0.25, -0.2) is 9.78 Å². The summed E-state index contributed by atoms with van der Waals surface area (Å²) in [4.78, 5) is 15.6. The molecule has 1 aliphatic rings. The van der Waals surface area contributed by atoms with Crippen molar-refractivity contribution in [2.45, 2.75) is 18.8 Å². The highest BCUT2D eigenvalue weighted by molar-refractivity contribution is 7.13. The topological polar surface area (TPSA) is 88.2 Å². The lowest BCUT2D eigenvalue weighted by Gasteiger charge is -2.07. The van der Waals surface area contributed by atoms with E-state index in [1.165, 1.54) is 30.2 Å². The summed E-state index contributed by atoms with van der Waals surface area (Å²) in [7, 11) is 0. The molecule has 3 rings (SSSR count). The number of hydrogen-bond donors (Lipinski definition) is 3. The second kappa shape index (κ2) is 4.55. The Balaban J connectivity index is 1.88. The van der Waals surface area contributed by atoms with Crippen LogP contribution < -0.4 is 11.1 Å². The molecule has 1 heterocycles. The molecule has 19 heavy (non-hydrogen) atoms. The summed E-state index contributed by atoms with van der Waals surface area (Å²) >= 11 is 1.48. The van der Waals surface area contributed by atoms with Gasteiger partial charge in [0.05, 0.1) is 16.9 Å². The number of anilines is 3. The fourth-order valence-electron chi connectivity index (χ4n) is 1.88. The van der Waals surface area contributed by atoms with Crippen LogP contribution in [0.3, 0.4) is 0 Å². The predicted molar refractivity (Wildman–Crippen MR) is 75.2 cm³/mol. The fourth-order valence-corrected chi connectivity index (χ4v) is 2.68. The number of aromatic carboxylic acids is 1. The van der Waals surface area contributed by atoms with Gasteiger partial charge in [0, 0.05) is 17.0 Å². The van der Waals surface area contributed by atoms with Crippen LogP contribution in [0.4, 0.5) is 16.5 Å². The maximum Gasteiger partial charge on any atom is 0.337 e. The molecule has 0 spiro atoms. The molecule has 1 aliphatic carbocycles. The lowest BCUT2D eigenvalue weighted by atomic mass is 10.1. The molecular weight excluding hydrogens is 262 g/mol. The number of nitrogens with zero attached hydrogens (tertiary/aromatic N) is 1. The van der Waals surface area contributed by atoms with Crippen molar-refractivity contribution in [2.24, 2.45) is 0 Å². The number of nitrogens with two attached hydrogens (primary N) is 1. The second-order valence-corrected chi connectivity index (χ2v) is 5.45. The van der Waals surface area contributed by atoms with Gasteiger partial charge in [-0.1, -0.05) is 0 Å². The Bertz CT molecular complexity index is 635. The molecule has 0 radical (unpaired) electrons. The molecular formula is C13H13N3O2S. The van der Waals surface area contributed by atoms with Crippen molar-refractivity contribution < 1.29 is 9.90 Å². The number of nitrogen functional groups attached to an aromatic ring is 1. The van der Waals surface area contributed by atoms with Crippen LogP contribution in [-0.2, 0) is 0 Å². The van der Waals surface area contributed by atoms with Crippen LogP contribution in [0.25, 0.3) is 0 Å². The van der Waals surface area contributed by atoms with Gasteiger partial charge in [-0.3, -0.25) is 0 Å². The summed E-state index contributed by atoms with van der Waals surface area (Å²) < 4.78 is 0. The number of carboxylic acid groups (broad SMARTS) is 1. The van der Waals surface area contributed by atoms with Gasteiger partial charge in [-0.05, 0) is 31.0 Å². The quantitative estimate of drug-likeness (QED) is 0.746. The number of carboxylic acids is 1. The first kappa shape index (κ1) is 12.0. The van der Waals surface area contributed by atoms with Crippen molar-refractivity contribution >= 4 is 33.8 Å². The van der Waals surface area contributed by atoms with Gasteiger partial charge < -0.3 is 16.2 Å². The Morgan fingerprint density at radius 1 is 1.47 bits per heavy atom. The molecule has 0 saturated heterocycles. The zero-order chi connectivity index (χ0) is 13.4. The molecule has 6 heteroatoms. The SMILES string of the molecule is Nc1ccc(C(=O)O)c(Nc2nc(C3CC3)cs2)c1. The summed E-state index contributed by atoms with van der Waals surface area (Å²) in [5.41, 5.74) is 7.97. The minimum atomic E-state index is -0.985. The molecule has 0 unspecified atom stereocenters. The van der Waals surface area contributed by atoms with Gasteiger partial charge in [0.1, 0.15) is 0 Å². The Labute approximate surface area is 114 Å². The molecule has 4 N–H and O–H groups in total. The van der Waals surface area contributed by atoms with Gasteiger partial charge in [0.2, 0.25) is 0 Å². The van der Waals surface area contributed by atoms with E-state index in [-0.39, 0.29) is 5.56 Å². The molecule has 1 saturated carbocycles. The molecule has 0 aliphatic heterocycles. The van der Waals surface area contributed by atoms with Crippen LogP contribution in [-0.4, -0.2) is 16.1 Å². The molecule has 1 aromatic heterocycles. The van der Waals surface area contributed by atoms with Crippen molar-refractivity contribution in [1.82, 2.24) is 4.98 Å². The van der Waals surface area contributed by atoms with E-state index in [4.69, 9.17) is 10.8 Å². The lowest BCUT2D eigenvalue weighted by molar-refractivity contribution is 0.0698. The van der Waals surface area contributed by atoms with Gasteiger partial charge in [0.15, 0.2) is 5.13 Å². The van der Waals surface area contributed by atoms with Gasteiger partial charge >= 0.3 is 5.97 Å². The van der Waals surface area contributed by atoms with Crippen LogP contribution >= 0.6 is 11.3 Å². The number of carbonyl (C=O) groups is 1. The first-order valence-electron chi connectivity index (χ1n) is 5.99. The fraction of sp³-hybridized carbons (Fsp3) is 0.231. The highest BCUT2D eigenvalue weighted by Crippen LogP contribution is 2.41. The molecule has 0 bridgehead atoms. The van der Waals surface area contributed by atoms with Crippen LogP contribution in [0.2, 0.25) is 0 Å². The summed E-state index contributed by atoms with van der Waals surface area (Å²) in [6, 6.07) is 4.68. The largest absolute Gasteiger partial charge is 0.478 e. The van der Waals surface area contributed by atoms with Crippen LogP contribution in [0.15, 0.2) is 23.6 Å². The third-order valence-electron chi connectivity index (χ3n) is 3.03. The number of nitrogens with one attached hydrogen (secondary N) is 1. The minimum Gasteiger partial charge on any atom is -0.478 e. The molecule has 98 valence electrons. The number of rotatable bonds is 4. The van der Waals surface area contributed by atoms with Crippen molar-refractivity contribution in [1.29, 1.82) is 0 Å². The van der Waals surface area contributed by atoms with E-state index in [0.29, 0.717) is 22.4 Å². The van der Waals surface area contributed by atoms with Crippen LogP contribution in [0.1, 0.15) is 34.8 Å². The van der Waals surface area contributed by atoms with E-state index in [1.807, 2.05) is 5.38 Å². The predicted octanol–water partition coefficient (Wildman–Crippen LogP) is 3.04. The van der Waals surface area contributed by atoms with Crippen molar-refractivity contribution in [3.63, 3.8) is 0 Å². The minimum absolute atomic E-state index is 0.192. The Morgan fingerprint density at radius 2 is 2.26 bits per heavy atom. The molecule has 2 aromatic rings.